The number of aromatic nitrogens is 1. The van der Waals surface area contributed by atoms with Crippen LogP contribution in [0.25, 0.3) is 0 Å². The zero-order chi connectivity index (χ0) is 10.4. The van der Waals surface area contributed by atoms with Crippen LogP contribution in [0.1, 0.15) is 25.3 Å². The molecule has 0 unspecified atom stereocenters. The Labute approximate surface area is 85.9 Å². The van der Waals surface area contributed by atoms with Gasteiger partial charge in [-0.2, -0.15) is 0 Å². The Morgan fingerprint density at radius 2 is 2.07 bits per heavy atom. The lowest BCUT2D eigenvalue weighted by molar-refractivity contribution is 0.819. The van der Waals surface area contributed by atoms with Crippen molar-refractivity contribution in [2.24, 2.45) is 0 Å². The molecule has 0 bridgehead atoms. The van der Waals surface area contributed by atoms with Gasteiger partial charge in [-0.15, -0.1) is 0 Å². The summed E-state index contributed by atoms with van der Waals surface area (Å²) >= 11 is 0. The van der Waals surface area contributed by atoms with Crippen LogP contribution in [0.4, 0.5) is 5.82 Å². The summed E-state index contributed by atoms with van der Waals surface area (Å²) in [5, 5.41) is 6.32. The molecule has 0 amide bonds. The first-order valence-electron chi connectivity index (χ1n) is 5.08. The summed E-state index contributed by atoms with van der Waals surface area (Å²) in [5.74, 6) is 1.50. The fourth-order valence-corrected chi connectivity index (χ4v) is 1.17. The highest BCUT2D eigenvalue weighted by Crippen LogP contribution is 2.14. The van der Waals surface area contributed by atoms with Gasteiger partial charge in [0.25, 0.3) is 0 Å². The van der Waals surface area contributed by atoms with E-state index in [4.69, 9.17) is 0 Å². The standard InChI is InChI=1S/C11H19N3/c1-9(2)10-4-5-11(14-8-10)13-7-6-12-3/h4-5,8-9,12H,6-7H2,1-3H3,(H,13,14). The van der Waals surface area contributed by atoms with Crippen molar-refractivity contribution in [3.8, 4) is 0 Å². The van der Waals surface area contributed by atoms with Gasteiger partial charge < -0.3 is 10.6 Å². The molecular weight excluding hydrogens is 174 g/mol. The Balaban J connectivity index is 2.47. The number of rotatable bonds is 5. The molecule has 0 saturated heterocycles. The third-order valence-corrected chi connectivity index (χ3v) is 2.13. The van der Waals surface area contributed by atoms with E-state index in [1.807, 2.05) is 19.3 Å². The van der Waals surface area contributed by atoms with Crippen LogP contribution in [-0.4, -0.2) is 25.1 Å². The molecule has 0 aromatic carbocycles. The van der Waals surface area contributed by atoms with Crippen LogP contribution in [0, 0.1) is 0 Å². The summed E-state index contributed by atoms with van der Waals surface area (Å²) in [5.41, 5.74) is 1.28. The minimum absolute atomic E-state index is 0.550. The summed E-state index contributed by atoms with van der Waals surface area (Å²) in [6.45, 7) is 6.20. The van der Waals surface area contributed by atoms with Crippen molar-refractivity contribution < 1.29 is 0 Å². The number of nitrogens with one attached hydrogen (secondary N) is 2. The Kier molecular flexibility index (Phi) is 4.40. The molecule has 1 aromatic rings. The summed E-state index contributed by atoms with van der Waals surface area (Å²) < 4.78 is 0. The summed E-state index contributed by atoms with van der Waals surface area (Å²) in [6, 6.07) is 4.16. The first-order valence-corrected chi connectivity index (χ1v) is 5.08. The Bertz CT molecular complexity index is 254. The van der Waals surface area contributed by atoms with E-state index in [9.17, 15) is 0 Å². The van der Waals surface area contributed by atoms with E-state index in [1.165, 1.54) is 5.56 Å². The summed E-state index contributed by atoms with van der Waals surface area (Å²) in [6.07, 6.45) is 1.94. The van der Waals surface area contributed by atoms with Gasteiger partial charge in [0.2, 0.25) is 0 Å². The lowest BCUT2D eigenvalue weighted by atomic mass is 10.1. The second-order valence-electron chi connectivity index (χ2n) is 3.66. The highest BCUT2D eigenvalue weighted by atomic mass is 15.0. The fraction of sp³-hybridized carbons (Fsp3) is 0.545. The molecule has 1 aromatic heterocycles. The Morgan fingerprint density at radius 1 is 1.29 bits per heavy atom. The molecule has 0 spiro atoms. The molecule has 0 fully saturated rings. The monoisotopic (exact) mass is 193 g/mol. The van der Waals surface area contributed by atoms with Crippen LogP contribution in [0.2, 0.25) is 0 Å². The molecule has 0 radical (unpaired) electrons. The highest BCUT2D eigenvalue weighted by Gasteiger charge is 1.98. The zero-order valence-corrected chi connectivity index (χ0v) is 9.17. The van der Waals surface area contributed by atoms with E-state index in [0.29, 0.717) is 5.92 Å². The van der Waals surface area contributed by atoms with E-state index in [1.54, 1.807) is 0 Å². The van der Waals surface area contributed by atoms with Gasteiger partial charge in [0.1, 0.15) is 5.82 Å². The Morgan fingerprint density at radius 3 is 2.57 bits per heavy atom. The molecule has 3 nitrogen and oxygen atoms in total. The smallest absolute Gasteiger partial charge is 0.125 e. The van der Waals surface area contributed by atoms with Crippen molar-refractivity contribution in [1.29, 1.82) is 0 Å². The molecule has 0 aliphatic rings. The molecular formula is C11H19N3. The molecule has 1 heterocycles. The largest absolute Gasteiger partial charge is 0.369 e. The maximum absolute atomic E-state index is 4.33. The molecule has 0 aliphatic carbocycles. The quantitative estimate of drug-likeness (QED) is 0.701. The zero-order valence-electron chi connectivity index (χ0n) is 9.17. The summed E-state index contributed by atoms with van der Waals surface area (Å²) in [4.78, 5) is 4.33. The molecule has 0 aliphatic heterocycles. The van der Waals surface area contributed by atoms with Gasteiger partial charge in [-0.1, -0.05) is 19.9 Å². The van der Waals surface area contributed by atoms with Crippen LogP contribution < -0.4 is 10.6 Å². The SMILES string of the molecule is CNCCNc1ccc(C(C)C)cn1. The van der Waals surface area contributed by atoms with E-state index < -0.39 is 0 Å². The van der Waals surface area contributed by atoms with E-state index >= 15 is 0 Å². The van der Waals surface area contributed by atoms with E-state index in [2.05, 4.69) is 35.5 Å². The van der Waals surface area contributed by atoms with E-state index in [-0.39, 0.29) is 0 Å². The van der Waals surface area contributed by atoms with Crippen LogP contribution in [0.15, 0.2) is 18.3 Å². The van der Waals surface area contributed by atoms with E-state index in [0.717, 1.165) is 18.9 Å². The Hall–Kier alpha value is -1.09. The van der Waals surface area contributed by atoms with Gasteiger partial charge in [-0.3, -0.25) is 0 Å². The first kappa shape index (κ1) is 11.0. The van der Waals surface area contributed by atoms with Crippen molar-refractivity contribution in [2.75, 3.05) is 25.5 Å². The molecule has 1 rings (SSSR count). The van der Waals surface area contributed by atoms with Crippen LogP contribution in [0.3, 0.4) is 0 Å². The first-order chi connectivity index (χ1) is 6.74. The topological polar surface area (TPSA) is 37.0 Å². The fourth-order valence-electron chi connectivity index (χ4n) is 1.17. The molecule has 2 N–H and O–H groups in total. The highest BCUT2D eigenvalue weighted by molar-refractivity contribution is 5.36. The lowest BCUT2D eigenvalue weighted by Gasteiger charge is -2.07. The normalized spacial score (nSPS) is 10.6. The van der Waals surface area contributed by atoms with Crippen LogP contribution in [-0.2, 0) is 0 Å². The number of anilines is 1. The van der Waals surface area contributed by atoms with Crippen LogP contribution >= 0.6 is 0 Å². The summed E-state index contributed by atoms with van der Waals surface area (Å²) in [7, 11) is 1.94. The van der Waals surface area contributed by atoms with Gasteiger partial charge in [0, 0.05) is 19.3 Å². The van der Waals surface area contributed by atoms with Crippen molar-refractivity contribution in [2.45, 2.75) is 19.8 Å². The van der Waals surface area contributed by atoms with Gasteiger partial charge in [-0.05, 0) is 24.6 Å². The van der Waals surface area contributed by atoms with Crippen molar-refractivity contribution in [3.63, 3.8) is 0 Å². The van der Waals surface area contributed by atoms with Crippen molar-refractivity contribution in [3.05, 3.63) is 23.9 Å². The maximum Gasteiger partial charge on any atom is 0.125 e. The van der Waals surface area contributed by atoms with Crippen molar-refractivity contribution >= 4 is 5.82 Å². The molecule has 0 saturated carbocycles. The predicted octanol–water partition coefficient (Wildman–Crippen LogP) is 1.84. The molecule has 0 atom stereocenters. The van der Waals surface area contributed by atoms with Gasteiger partial charge in [0.15, 0.2) is 0 Å². The lowest BCUT2D eigenvalue weighted by Crippen LogP contribution is -2.18. The third-order valence-electron chi connectivity index (χ3n) is 2.13. The second kappa shape index (κ2) is 5.60. The van der Waals surface area contributed by atoms with Gasteiger partial charge in [0.05, 0.1) is 0 Å². The number of hydrogen-bond donors (Lipinski definition) is 2. The van der Waals surface area contributed by atoms with Crippen molar-refractivity contribution in [1.82, 2.24) is 10.3 Å². The number of hydrogen-bond acceptors (Lipinski definition) is 3. The molecule has 3 heteroatoms. The number of nitrogens with zero attached hydrogens (tertiary/aromatic N) is 1. The number of likely N-dealkylation sites (N-methyl/N-ethyl adjacent to an activating group) is 1. The van der Waals surface area contributed by atoms with Gasteiger partial charge >= 0.3 is 0 Å². The molecule has 14 heavy (non-hydrogen) atoms. The van der Waals surface area contributed by atoms with Crippen LogP contribution in [0.5, 0.6) is 0 Å². The second-order valence-corrected chi connectivity index (χ2v) is 3.66. The minimum atomic E-state index is 0.550. The molecule has 78 valence electrons. The third kappa shape index (κ3) is 3.34. The number of pyridine rings is 1. The average molecular weight is 193 g/mol. The minimum Gasteiger partial charge on any atom is -0.369 e. The maximum atomic E-state index is 4.33. The average Bonchev–Trinajstić information content (AvgIpc) is 2.19. The van der Waals surface area contributed by atoms with Gasteiger partial charge in [-0.25, -0.2) is 4.98 Å². The predicted molar refractivity (Wildman–Crippen MR) is 60.7 cm³/mol.